The third kappa shape index (κ3) is 4.77. The molecule has 154 valence electrons. The summed E-state index contributed by atoms with van der Waals surface area (Å²) in [5, 5.41) is 11.1. The predicted octanol–water partition coefficient (Wildman–Crippen LogP) is 2.64. The smallest absolute Gasteiger partial charge is 0.338 e. The van der Waals surface area contributed by atoms with Gasteiger partial charge in [0.2, 0.25) is 5.78 Å². The zero-order valence-electron chi connectivity index (χ0n) is 16.2. The standard InChI is InChI=1S/C19H20N2O7S/c1-5-8-20-12(2)9-15(13(20)3)17(22)11-28-19(23)14-6-7-18(29(4,26)27)16(10-14)21(24)25/h5-7,9-10H,1,8,11H2,2-4H3. The van der Waals surface area contributed by atoms with Gasteiger partial charge in [-0.15, -0.1) is 6.58 Å². The first-order chi connectivity index (χ1) is 13.5. The van der Waals surface area contributed by atoms with Crippen LogP contribution in [0.2, 0.25) is 0 Å². The van der Waals surface area contributed by atoms with Crippen LogP contribution < -0.4 is 0 Å². The van der Waals surface area contributed by atoms with Crippen LogP contribution in [-0.2, 0) is 21.1 Å². The van der Waals surface area contributed by atoms with E-state index in [1.807, 2.05) is 11.5 Å². The molecule has 0 spiro atoms. The molecule has 0 saturated carbocycles. The molecule has 1 aromatic carbocycles. The molecule has 1 aromatic heterocycles. The number of allylic oxidation sites excluding steroid dienone is 1. The molecule has 0 radical (unpaired) electrons. The molecule has 0 N–H and O–H groups in total. The summed E-state index contributed by atoms with van der Waals surface area (Å²) >= 11 is 0. The number of aromatic nitrogens is 1. The quantitative estimate of drug-likeness (QED) is 0.211. The van der Waals surface area contributed by atoms with Crippen LogP contribution >= 0.6 is 0 Å². The second-order valence-electron chi connectivity index (χ2n) is 6.40. The Labute approximate surface area is 167 Å². The molecule has 0 aliphatic carbocycles. The van der Waals surface area contributed by atoms with E-state index >= 15 is 0 Å². The summed E-state index contributed by atoms with van der Waals surface area (Å²) in [7, 11) is -3.85. The fourth-order valence-electron chi connectivity index (χ4n) is 2.89. The van der Waals surface area contributed by atoms with Crippen molar-refractivity contribution in [2.45, 2.75) is 25.3 Å². The van der Waals surface area contributed by atoms with E-state index in [0.29, 0.717) is 17.8 Å². The van der Waals surface area contributed by atoms with Crippen LogP contribution in [0.4, 0.5) is 5.69 Å². The van der Waals surface area contributed by atoms with Gasteiger partial charge >= 0.3 is 5.97 Å². The van der Waals surface area contributed by atoms with Gasteiger partial charge in [-0.25, -0.2) is 13.2 Å². The lowest BCUT2D eigenvalue weighted by Crippen LogP contribution is -2.15. The number of sulfone groups is 1. The second kappa shape index (κ2) is 8.39. The highest BCUT2D eigenvalue weighted by molar-refractivity contribution is 7.90. The molecule has 0 atom stereocenters. The molecule has 29 heavy (non-hydrogen) atoms. The highest BCUT2D eigenvalue weighted by Crippen LogP contribution is 2.25. The molecule has 0 aliphatic heterocycles. The summed E-state index contributed by atoms with van der Waals surface area (Å²) in [6, 6.07) is 4.57. The summed E-state index contributed by atoms with van der Waals surface area (Å²) in [5.41, 5.74) is 0.992. The van der Waals surface area contributed by atoms with Crippen LogP contribution in [0.15, 0.2) is 41.8 Å². The molecule has 1 heterocycles. The van der Waals surface area contributed by atoms with E-state index in [4.69, 9.17) is 4.74 Å². The van der Waals surface area contributed by atoms with Gasteiger partial charge in [-0.05, 0) is 32.0 Å². The minimum atomic E-state index is -3.85. The lowest BCUT2D eigenvalue weighted by Gasteiger charge is -2.07. The average molecular weight is 420 g/mol. The van der Waals surface area contributed by atoms with E-state index in [-0.39, 0.29) is 5.56 Å². The number of benzene rings is 1. The fourth-order valence-corrected chi connectivity index (χ4v) is 3.71. The number of hydrogen-bond acceptors (Lipinski definition) is 7. The van der Waals surface area contributed by atoms with Gasteiger partial charge in [-0.3, -0.25) is 14.9 Å². The van der Waals surface area contributed by atoms with Crippen molar-refractivity contribution in [3.8, 4) is 0 Å². The first-order valence-electron chi connectivity index (χ1n) is 8.43. The highest BCUT2D eigenvalue weighted by atomic mass is 32.2. The summed E-state index contributed by atoms with van der Waals surface area (Å²) < 4.78 is 30.2. The zero-order chi connectivity index (χ0) is 21.9. The van der Waals surface area contributed by atoms with Gasteiger partial charge in [-0.1, -0.05) is 6.08 Å². The van der Waals surface area contributed by atoms with Crippen LogP contribution in [0.5, 0.6) is 0 Å². The number of aryl methyl sites for hydroxylation is 1. The van der Waals surface area contributed by atoms with Crippen molar-refractivity contribution in [2.24, 2.45) is 0 Å². The molecular weight excluding hydrogens is 400 g/mol. The number of esters is 1. The van der Waals surface area contributed by atoms with E-state index < -0.39 is 43.7 Å². The number of rotatable bonds is 8. The molecule has 2 rings (SSSR count). The summed E-state index contributed by atoms with van der Waals surface area (Å²) in [5.74, 6) is -1.40. The van der Waals surface area contributed by atoms with Crippen LogP contribution in [0, 0.1) is 24.0 Å². The van der Waals surface area contributed by atoms with Crippen molar-refractivity contribution in [3.05, 3.63) is 69.5 Å². The minimum absolute atomic E-state index is 0.228. The van der Waals surface area contributed by atoms with E-state index in [2.05, 4.69) is 6.58 Å². The van der Waals surface area contributed by atoms with Crippen molar-refractivity contribution in [2.75, 3.05) is 12.9 Å². The first-order valence-corrected chi connectivity index (χ1v) is 10.3. The Morgan fingerprint density at radius 2 is 1.93 bits per heavy atom. The Kier molecular flexibility index (Phi) is 6.38. The number of carbonyl (C=O) groups excluding carboxylic acids is 2. The minimum Gasteiger partial charge on any atom is -0.454 e. The predicted molar refractivity (Wildman–Crippen MR) is 105 cm³/mol. The number of nitro groups is 1. The number of nitrogens with zero attached hydrogens (tertiary/aromatic N) is 2. The third-order valence-corrected chi connectivity index (χ3v) is 5.46. The lowest BCUT2D eigenvalue weighted by atomic mass is 10.1. The van der Waals surface area contributed by atoms with Crippen molar-refractivity contribution in [1.82, 2.24) is 4.57 Å². The van der Waals surface area contributed by atoms with Gasteiger partial charge < -0.3 is 9.30 Å². The Morgan fingerprint density at radius 3 is 2.48 bits per heavy atom. The Morgan fingerprint density at radius 1 is 1.28 bits per heavy atom. The van der Waals surface area contributed by atoms with Gasteiger partial charge in [0.1, 0.15) is 4.90 Å². The molecule has 10 heteroatoms. The van der Waals surface area contributed by atoms with E-state index in [0.717, 1.165) is 30.1 Å². The molecule has 0 aliphatic rings. The molecule has 0 saturated heterocycles. The van der Waals surface area contributed by atoms with Gasteiger partial charge in [-0.2, -0.15) is 0 Å². The molecule has 0 amide bonds. The van der Waals surface area contributed by atoms with Crippen molar-refractivity contribution < 1.29 is 27.7 Å². The number of carbonyl (C=O) groups is 2. The monoisotopic (exact) mass is 420 g/mol. The summed E-state index contributed by atoms with van der Waals surface area (Å²) in [6.45, 7) is 7.24. The molecule has 2 aromatic rings. The number of nitro benzene ring substituents is 1. The lowest BCUT2D eigenvalue weighted by molar-refractivity contribution is -0.387. The van der Waals surface area contributed by atoms with Gasteiger partial charge in [0.15, 0.2) is 16.4 Å². The maximum Gasteiger partial charge on any atom is 0.338 e. The number of hydrogen-bond donors (Lipinski definition) is 0. The second-order valence-corrected chi connectivity index (χ2v) is 8.38. The van der Waals surface area contributed by atoms with Crippen molar-refractivity contribution in [3.63, 3.8) is 0 Å². The molecule has 0 unspecified atom stereocenters. The third-order valence-electron chi connectivity index (χ3n) is 4.31. The fraction of sp³-hybridized carbons (Fsp3) is 0.263. The Balaban J connectivity index is 2.20. The van der Waals surface area contributed by atoms with E-state index in [1.165, 1.54) is 0 Å². The van der Waals surface area contributed by atoms with Gasteiger partial charge in [0, 0.05) is 35.8 Å². The first kappa shape index (κ1) is 22.0. The molecule has 0 fully saturated rings. The molecule has 9 nitrogen and oxygen atoms in total. The summed E-state index contributed by atoms with van der Waals surface area (Å²) in [4.78, 5) is 34.4. The SMILES string of the molecule is C=CCn1c(C)cc(C(=O)COC(=O)c2ccc(S(C)(=O)=O)c([N+](=O)[O-])c2)c1C. The molecular formula is C19H20N2O7S. The van der Waals surface area contributed by atoms with Crippen LogP contribution in [-0.4, -0.2) is 42.5 Å². The summed E-state index contributed by atoms with van der Waals surface area (Å²) in [6.07, 6.45) is 2.52. The maximum atomic E-state index is 12.4. The van der Waals surface area contributed by atoms with Crippen molar-refractivity contribution in [1.29, 1.82) is 0 Å². The van der Waals surface area contributed by atoms with Crippen LogP contribution in [0.3, 0.4) is 0 Å². The maximum absolute atomic E-state index is 12.4. The van der Waals surface area contributed by atoms with Crippen LogP contribution in [0.25, 0.3) is 0 Å². The van der Waals surface area contributed by atoms with Crippen molar-refractivity contribution >= 4 is 27.3 Å². The average Bonchev–Trinajstić information content (AvgIpc) is 2.93. The number of ether oxygens (including phenoxy) is 1. The Bertz CT molecular complexity index is 1110. The van der Waals surface area contributed by atoms with E-state index in [1.54, 1.807) is 19.1 Å². The van der Waals surface area contributed by atoms with Gasteiger partial charge in [0.05, 0.1) is 10.5 Å². The number of ketones is 1. The highest BCUT2D eigenvalue weighted by Gasteiger charge is 2.25. The Hall–Kier alpha value is -3.27. The zero-order valence-corrected chi connectivity index (χ0v) is 17.0. The van der Waals surface area contributed by atoms with E-state index in [9.17, 15) is 28.1 Å². The normalized spacial score (nSPS) is 11.1. The molecule has 0 bridgehead atoms. The van der Waals surface area contributed by atoms with Gasteiger partial charge in [0.25, 0.3) is 5.69 Å². The largest absolute Gasteiger partial charge is 0.454 e. The van der Waals surface area contributed by atoms with Crippen LogP contribution in [0.1, 0.15) is 32.1 Å². The topological polar surface area (TPSA) is 126 Å². The number of Topliss-reactive ketones (excluding diaryl/α,β-unsaturated/α-hetero) is 1.